The smallest absolute Gasteiger partial charge is 0.277 e. The summed E-state index contributed by atoms with van der Waals surface area (Å²) in [4.78, 5) is 23.8. The summed E-state index contributed by atoms with van der Waals surface area (Å²) in [6.07, 6.45) is 0.169. The van der Waals surface area contributed by atoms with E-state index >= 15 is 0 Å². The molecular weight excluding hydrogens is 416 g/mol. The number of thioether (sulfide) groups is 1. The van der Waals surface area contributed by atoms with Crippen molar-refractivity contribution in [2.24, 2.45) is 0 Å². The number of nitrogens with one attached hydrogen (secondary N) is 2. The van der Waals surface area contributed by atoms with E-state index in [-0.39, 0.29) is 29.2 Å². The van der Waals surface area contributed by atoms with Crippen LogP contribution in [0.1, 0.15) is 5.56 Å². The maximum Gasteiger partial charge on any atom is 0.277 e. The number of carbonyl (C=O) groups excluding carboxylic acids is 2. The summed E-state index contributed by atoms with van der Waals surface area (Å²) in [5, 5.41) is 8.56. The van der Waals surface area contributed by atoms with Crippen LogP contribution in [-0.2, 0) is 16.0 Å². The molecule has 0 aliphatic rings. The highest BCUT2D eigenvalue weighted by Gasteiger charge is 2.15. The van der Waals surface area contributed by atoms with Crippen molar-refractivity contribution in [1.82, 2.24) is 21.0 Å². The van der Waals surface area contributed by atoms with Gasteiger partial charge in [-0.2, -0.15) is 0 Å². The average molecular weight is 433 g/mol. The third-order valence-electron chi connectivity index (χ3n) is 3.67. The van der Waals surface area contributed by atoms with Crippen molar-refractivity contribution in [2.75, 3.05) is 12.9 Å². The first-order chi connectivity index (χ1) is 14.0. The summed E-state index contributed by atoms with van der Waals surface area (Å²) < 4.78 is 10.8. The average Bonchev–Trinajstić information content (AvgIpc) is 3.20. The number of hydrogen-bond donors (Lipinski definition) is 2. The van der Waals surface area contributed by atoms with E-state index in [0.29, 0.717) is 16.3 Å². The zero-order valence-electron chi connectivity index (χ0n) is 15.3. The Morgan fingerprint density at radius 1 is 1.10 bits per heavy atom. The van der Waals surface area contributed by atoms with Gasteiger partial charge in [-0.3, -0.25) is 20.4 Å². The van der Waals surface area contributed by atoms with Crippen molar-refractivity contribution in [2.45, 2.75) is 11.6 Å². The Kier molecular flexibility index (Phi) is 7.09. The monoisotopic (exact) mass is 432 g/mol. The van der Waals surface area contributed by atoms with Gasteiger partial charge >= 0.3 is 0 Å². The lowest BCUT2D eigenvalue weighted by Crippen LogP contribution is -2.43. The molecule has 2 aromatic carbocycles. The molecular formula is C19H17ClN4O4S. The number of carbonyl (C=O) groups is 2. The van der Waals surface area contributed by atoms with Gasteiger partial charge in [0.15, 0.2) is 0 Å². The van der Waals surface area contributed by atoms with Crippen molar-refractivity contribution in [3.8, 4) is 17.2 Å². The van der Waals surface area contributed by atoms with E-state index in [0.717, 1.165) is 17.3 Å². The van der Waals surface area contributed by atoms with E-state index in [1.54, 1.807) is 18.2 Å². The Bertz CT molecular complexity index is 997. The van der Waals surface area contributed by atoms with Crippen LogP contribution in [0.4, 0.5) is 0 Å². The van der Waals surface area contributed by atoms with Gasteiger partial charge in [0.1, 0.15) is 5.75 Å². The molecule has 0 aliphatic heterocycles. The summed E-state index contributed by atoms with van der Waals surface area (Å²) in [5.41, 5.74) is 6.12. The fourth-order valence-electron chi connectivity index (χ4n) is 2.35. The lowest BCUT2D eigenvalue weighted by molar-refractivity contribution is -0.127. The molecule has 0 saturated carbocycles. The normalized spacial score (nSPS) is 10.4. The van der Waals surface area contributed by atoms with Crippen LogP contribution in [0, 0.1) is 0 Å². The number of amides is 2. The molecule has 150 valence electrons. The minimum absolute atomic E-state index is 0.0140. The van der Waals surface area contributed by atoms with E-state index in [4.69, 9.17) is 20.8 Å². The van der Waals surface area contributed by atoms with E-state index in [9.17, 15) is 9.59 Å². The predicted octanol–water partition coefficient (Wildman–Crippen LogP) is 2.88. The van der Waals surface area contributed by atoms with Crippen molar-refractivity contribution in [1.29, 1.82) is 0 Å². The second-order valence-corrected chi connectivity index (χ2v) is 7.13. The maximum atomic E-state index is 11.9. The van der Waals surface area contributed by atoms with Gasteiger partial charge in [0.25, 0.3) is 11.1 Å². The van der Waals surface area contributed by atoms with Crippen LogP contribution in [-0.4, -0.2) is 34.9 Å². The number of rotatable bonds is 7. The van der Waals surface area contributed by atoms with Gasteiger partial charge < -0.3 is 9.15 Å². The van der Waals surface area contributed by atoms with Crippen LogP contribution < -0.4 is 15.6 Å². The van der Waals surface area contributed by atoms with Crippen LogP contribution in [0.15, 0.2) is 58.2 Å². The molecule has 0 fully saturated rings. The van der Waals surface area contributed by atoms with Gasteiger partial charge in [-0.05, 0) is 23.8 Å². The molecule has 0 saturated heterocycles. The predicted molar refractivity (Wildman–Crippen MR) is 108 cm³/mol. The van der Waals surface area contributed by atoms with Gasteiger partial charge in [-0.25, -0.2) is 0 Å². The Balaban J connectivity index is 1.49. The molecule has 0 aliphatic carbocycles. The molecule has 0 atom stereocenters. The van der Waals surface area contributed by atoms with Crippen LogP contribution in [0.5, 0.6) is 5.75 Å². The molecule has 1 aromatic heterocycles. The SMILES string of the molecule is COc1ccc(Cl)cc1-c1nnc(SCC(=O)NNC(=O)Cc2ccccc2)o1. The highest BCUT2D eigenvalue weighted by molar-refractivity contribution is 7.99. The van der Waals surface area contributed by atoms with Crippen LogP contribution in [0.2, 0.25) is 5.02 Å². The molecule has 1 heterocycles. The van der Waals surface area contributed by atoms with Gasteiger partial charge in [0.05, 0.1) is 24.8 Å². The number of hydrazine groups is 1. The Morgan fingerprint density at radius 2 is 1.86 bits per heavy atom. The summed E-state index contributed by atoms with van der Waals surface area (Å²) in [6, 6.07) is 14.2. The van der Waals surface area contributed by atoms with Crippen LogP contribution in [0.25, 0.3) is 11.5 Å². The molecule has 2 N–H and O–H groups in total. The maximum absolute atomic E-state index is 11.9. The number of ether oxygens (including phenoxy) is 1. The van der Waals surface area contributed by atoms with E-state index < -0.39 is 5.91 Å². The number of benzene rings is 2. The summed E-state index contributed by atoms with van der Waals surface area (Å²) in [6.45, 7) is 0. The molecule has 0 unspecified atom stereocenters. The first-order valence-electron chi connectivity index (χ1n) is 8.47. The number of hydrogen-bond acceptors (Lipinski definition) is 7. The molecule has 0 radical (unpaired) electrons. The second kappa shape index (κ2) is 9.94. The minimum atomic E-state index is -0.406. The standard InChI is InChI=1S/C19H17ClN4O4S/c1-27-15-8-7-13(20)10-14(15)18-23-24-19(28-18)29-11-17(26)22-21-16(25)9-12-5-3-2-4-6-12/h2-8,10H,9,11H2,1H3,(H,21,25)(H,22,26). The van der Waals surface area contributed by atoms with Crippen LogP contribution in [0.3, 0.4) is 0 Å². The first-order valence-corrected chi connectivity index (χ1v) is 9.83. The zero-order chi connectivity index (χ0) is 20.6. The summed E-state index contributed by atoms with van der Waals surface area (Å²) in [5.74, 6) is 0.0241. The minimum Gasteiger partial charge on any atom is -0.496 e. The van der Waals surface area contributed by atoms with E-state index in [1.165, 1.54) is 7.11 Å². The molecule has 2 amide bonds. The van der Waals surface area contributed by atoms with Crippen molar-refractivity contribution in [3.63, 3.8) is 0 Å². The van der Waals surface area contributed by atoms with E-state index in [1.807, 2.05) is 30.3 Å². The van der Waals surface area contributed by atoms with Gasteiger partial charge in [0, 0.05) is 5.02 Å². The molecule has 29 heavy (non-hydrogen) atoms. The van der Waals surface area contributed by atoms with Crippen molar-refractivity contribution in [3.05, 3.63) is 59.1 Å². The lowest BCUT2D eigenvalue weighted by atomic mass is 10.1. The lowest BCUT2D eigenvalue weighted by Gasteiger charge is -2.06. The first kappa shape index (κ1) is 20.7. The third kappa shape index (κ3) is 5.97. The molecule has 0 bridgehead atoms. The second-order valence-electron chi connectivity index (χ2n) is 5.77. The fourth-order valence-corrected chi connectivity index (χ4v) is 3.09. The largest absolute Gasteiger partial charge is 0.496 e. The van der Waals surface area contributed by atoms with Gasteiger partial charge in [-0.1, -0.05) is 53.7 Å². The van der Waals surface area contributed by atoms with E-state index in [2.05, 4.69) is 21.0 Å². The Labute approximate surface area is 176 Å². The van der Waals surface area contributed by atoms with Gasteiger partial charge in [0.2, 0.25) is 11.8 Å². The third-order valence-corrected chi connectivity index (χ3v) is 4.73. The molecule has 3 rings (SSSR count). The highest BCUT2D eigenvalue weighted by Crippen LogP contribution is 2.32. The molecule has 0 spiro atoms. The molecule has 10 heteroatoms. The van der Waals surface area contributed by atoms with Crippen molar-refractivity contribution >= 4 is 35.2 Å². The molecule has 3 aromatic rings. The number of methoxy groups -OCH3 is 1. The zero-order valence-corrected chi connectivity index (χ0v) is 16.9. The quantitative estimate of drug-likeness (QED) is 0.436. The topological polar surface area (TPSA) is 106 Å². The van der Waals surface area contributed by atoms with Gasteiger partial charge in [-0.15, -0.1) is 10.2 Å². The summed E-state index contributed by atoms with van der Waals surface area (Å²) in [7, 11) is 1.52. The van der Waals surface area contributed by atoms with Crippen molar-refractivity contribution < 1.29 is 18.7 Å². The number of halogens is 1. The van der Waals surface area contributed by atoms with Crippen LogP contribution >= 0.6 is 23.4 Å². The Hall–Kier alpha value is -3.04. The Morgan fingerprint density at radius 3 is 2.62 bits per heavy atom. The number of aromatic nitrogens is 2. The highest BCUT2D eigenvalue weighted by atomic mass is 35.5. The molecule has 8 nitrogen and oxygen atoms in total. The number of nitrogens with zero attached hydrogens (tertiary/aromatic N) is 2. The fraction of sp³-hybridized carbons (Fsp3) is 0.158. The summed E-state index contributed by atoms with van der Waals surface area (Å²) >= 11 is 7.05.